The molecule has 0 spiro atoms. The maximum absolute atomic E-state index is 14.9. The largest absolute Gasteiger partial charge is 0.507 e. The number of rotatable bonds is 34. The average Bonchev–Trinajstić information content (AvgIpc) is 1.57. The van der Waals surface area contributed by atoms with Crippen molar-refractivity contribution in [2.75, 3.05) is 33.7 Å². The molecule has 10 unspecified atom stereocenters. The molecule has 5 rings (SSSR count). The summed E-state index contributed by atoms with van der Waals surface area (Å²) in [4.78, 5) is 52.2. The van der Waals surface area contributed by atoms with Gasteiger partial charge in [0.05, 0.1) is 73.2 Å². The Bertz CT molecular complexity index is 2520. The summed E-state index contributed by atoms with van der Waals surface area (Å²) in [5.74, 6) is -5.15. The second-order valence-corrected chi connectivity index (χ2v) is 22.1. The number of hydrogen-bond donors (Lipinski definition) is 10. The quantitative estimate of drug-likeness (QED) is 0.0205. The smallest absolute Gasteiger partial charge is 0.310 e. The van der Waals surface area contributed by atoms with E-state index in [1.807, 2.05) is 0 Å². The van der Waals surface area contributed by atoms with E-state index in [0.717, 1.165) is 6.26 Å². The van der Waals surface area contributed by atoms with Gasteiger partial charge in [-0.2, -0.15) is 0 Å². The van der Waals surface area contributed by atoms with E-state index in [4.69, 9.17) is 56.8 Å². The van der Waals surface area contributed by atoms with Gasteiger partial charge in [0.1, 0.15) is 78.3 Å². The zero-order valence-corrected chi connectivity index (χ0v) is 50.0. The minimum absolute atomic E-state index is 0.0329. The first-order valence-electron chi connectivity index (χ1n) is 28.4. The van der Waals surface area contributed by atoms with E-state index in [0.29, 0.717) is 12.8 Å². The molecule has 3 aliphatic rings. The highest BCUT2D eigenvalue weighted by atomic mass is 16.7. The highest BCUT2D eigenvalue weighted by Gasteiger charge is 2.52. The number of aliphatic hydroxyl groups is 8. The number of aliphatic hydroxyl groups excluding tert-OH is 7. The predicted octanol–water partition coefficient (Wildman–Crippen LogP) is 1.51. The lowest BCUT2D eigenvalue weighted by Gasteiger charge is -2.42. The zero-order valence-electron chi connectivity index (χ0n) is 50.0. The van der Waals surface area contributed by atoms with Gasteiger partial charge in [-0.3, -0.25) is 19.2 Å². The number of benzene rings is 2. The molecule has 21 atom stereocenters. The number of phenols is 2. The Morgan fingerprint density at radius 3 is 2.06 bits per heavy atom. The number of ether oxygens (including phenoxy) is 13. The predicted molar refractivity (Wildman–Crippen MR) is 294 cm³/mol. The number of Topliss-reactive ketones (excluding diaryl/α,β-unsaturated/α-hetero) is 2. The van der Waals surface area contributed by atoms with Crippen LogP contribution in [0, 0.1) is 12.8 Å². The SMILES string of the molecule is C=COC(=O)CCCCC(=O)OC[C@H](O)C(C)OC(C)OC[C@H](O)C(C)OCOc1cc2cc3c(c(O)c2c(O)c1C)C(=O)[C@@H](O[C@H]1CC(OC(C)OC(C)[C@H](O)COC2OC(C)[C@@H](O)C2(C)O)[C@H](O)C(C)O1)[C@H]([C@H](OC)C(=O)[C@@H](O)[C@@H](C)O)C3. The van der Waals surface area contributed by atoms with Gasteiger partial charge in [-0.15, -0.1) is 0 Å². The highest BCUT2D eigenvalue weighted by molar-refractivity contribution is 6.11. The van der Waals surface area contributed by atoms with Crippen LogP contribution in [0.15, 0.2) is 25.0 Å². The van der Waals surface area contributed by atoms with Crippen molar-refractivity contribution in [2.24, 2.45) is 5.92 Å². The van der Waals surface area contributed by atoms with Crippen LogP contribution in [-0.2, 0) is 77.6 Å². The summed E-state index contributed by atoms with van der Waals surface area (Å²) >= 11 is 0. The summed E-state index contributed by atoms with van der Waals surface area (Å²) in [6.45, 7) is 16.7. The number of phenolic OH excluding ortho intramolecular Hbond substituents is 2. The van der Waals surface area contributed by atoms with E-state index in [-0.39, 0.29) is 78.7 Å². The Hall–Kier alpha value is -4.60. The molecule has 0 bridgehead atoms. The van der Waals surface area contributed by atoms with Crippen molar-refractivity contribution < 1.29 is 132 Å². The molecule has 27 heteroatoms. The van der Waals surface area contributed by atoms with E-state index < -0.39 is 170 Å². The van der Waals surface area contributed by atoms with Gasteiger partial charge in [-0.25, -0.2) is 0 Å². The van der Waals surface area contributed by atoms with Crippen LogP contribution in [0.1, 0.15) is 116 Å². The Kier molecular flexibility index (Phi) is 26.8. The van der Waals surface area contributed by atoms with Crippen molar-refractivity contribution in [1.82, 2.24) is 0 Å². The maximum Gasteiger partial charge on any atom is 0.310 e. The third-order valence-corrected chi connectivity index (χ3v) is 15.4. The van der Waals surface area contributed by atoms with Gasteiger partial charge in [-0.05, 0) is 112 Å². The van der Waals surface area contributed by atoms with Crippen molar-refractivity contribution in [3.8, 4) is 17.2 Å². The summed E-state index contributed by atoms with van der Waals surface area (Å²) in [6.07, 6.45) is -21.5. The molecule has 0 saturated carbocycles. The van der Waals surface area contributed by atoms with E-state index in [9.17, 15) is 70.2 Å². The normalized spacial score (nSPS) is 28.2. The molecule has 2 aromatic rings. The van der Waals surface area contributed by atoms with Crippen molar-refractivity contribution >= 4 is 34.3 Å². The molecule has 85 heavy (non-hydrogen) atoms. The second kappa shape index (κ2) is 32.0. The molecule has 482 valence electrons. The molecule has 10 N–H and O–H groups in total. The van der Waals surface area contributed by atoms with E-state index in [2.05, 4.69) is 11.3 Å². The molecular formula is C58H88O27. The third-order valence-electron chi connectivity index (χ3n) is 15.4. The first kappa shape index (κ1) is 71.2. The molecule has 0 radical (unpaired) electrons. The fourth-order valence-corrected chi connectivity index (χ4v) is 10.1. The standard InChI is InChI=1S/C58H88O27/c1-13-74-43(63)16-14-15-17-44(64)76-23-39(61)29(5)80-33(9)75-22-38(60)28(4)78-25-79-41-20-36-18-35-19-37(54(73-12)53(70)49(66)27(3)59)55(52(69)47(35)51(68)46(36)48(65)26(41)2)85-45-21-42(50(67)31(7)82-45)84-34(10)81-30(6)40(62)24-77-57-58(11,72)56(71)32(8)83-57/h13,18,20,27-34,37-40,42,45,49-50,54-57,59-62,65-68,71-72H,1,14-17,19,21-25H2,2-12H3/t27-,28?,29?,30?,31?,32?,33?,34?,37+,38+,39+,40-,42?,45+,49+,50-,54+,55+,56-,57?,58?/m1/s1. The Labute approximate surface area is 493 Å². The fraction of sp³-hybridized carbons (Fsp3) is 0.724. The molecule has 2 fully saturated rings. The number of carbonyl (C=O) groups is 4. The Morgan fingerprint density at radius 1 is 0.824 bits per heavy atom. The minimum atomic E-state index is -1.95. The number of unbranched alkanes of at least 4 members (excludes halogenated alkanes) is 1. The van der Waals surface area contributed by atoms with Crippen LogP contribution in [0.4, 0.5) is 0 Å². The maximum atomic E-state index is 14.9. The molecule has 0 aromatic heterocycles. The fourth-order valence-electron chi connectivity index (χ4n) is 10.1. The number of carbonyl (C=O) groups excluding carboxylic acids is 4. The summed E-state index contributed by atoms with van der Waals surface area (Å²) < 4.78 is 73.8. The van der Waals surface area contributed by atoms with Crippen molar-refractivity contribution in [3.05, 3.63) is 41.7 Å². The van der Waals surface area contributed by atoms with Gasteiger partial charge >= 0.3 is 11.9 Å². The van der Waals surface area contributed by atoms with Gasteiger partial charge in [0.15, 0.2) is 43.5 Å². The van der Waals surface area contributed by atoms with Crippen molar-refractivity contribution in [2.45, 2.75) is 230 Å². The monoisotopic (exact) mass is 1220 g/mol. The average molecular weight is 1220 g/mol. The molecule has 1 aliphatic carbocycles. The van der Waals surface area contributed by atoms with Gasteiger partial charge < -0.3 is 113 Å². The van der Waals surface area contributed by atoms with Crippen LogP contribution in [-0.4, -0.2) is 231 Å². The molecule has 2 aromatic carbocycles. The second-order valence-electron chi connectivity index (χ2n) is 22.1. The summed E-state index contributed by atoms with van der Waals surface area (Å²) in [5.41, 5.74) is -1.70. The molecular weight excluding hydrogens is 1130 g/mol. The van der Waals surface area contributed by atoms with Crippen LogP contribution in [0.25, 0.3) is 10.8 Å². The molecule has 2 heterocycles. The number of aromatic hydroxyl groups is 2. The molecule has 2 aliphatic heterocycles. The zero-order chi connectivity index (χ0) is 63.4. The van der Waals surface area contributed by atoms with Crippen LogP contribution in [0.5, 0.6) is 17.2 Å². The van der Waals surface area contributed by atoms with Crippen molar-refractivity contribution in [3.63, 3.8) is 0 Å². The minimum Gasteiger partial charge on any atom is -0.507 e. The number of fused-ring (bicyclic) bond motifs is 2. The number of methoxy groups -OCH3 is 1. The number of ketones is 2. The van der Waals surface area contributed by atoms with Gasteiger partial charge in [0, 0.05) is 37.9 Å². The van der Waals surface area contributed by atoms with E-state index in [1.54, 1.807) is 20.8 Å². The Morgan fingerprint density at radius 2 is 1.45 bits per heavy atom. The first-order valence-corrected chi connectivity index (χ1v) is 28.4. The van der Waals surface area contributed by atoms with Gasteiger partial charge in [0.2, 0.25) is 0 Å². The third kappa shape index (κ3) is 18.5. The number of hydrogen-bond acceptors (Lipinski definition) is 27. The van der Waals surface area contributed by atoms with E-state index in [1.165, 1.54) is 67.7 Å². The Balaban J connectivity index is 1.23. The van der Waals surface area contributed by atoms with Crippen molar-refractivity contribution in [1.29, 1.82) is 0 Å². The first-order chi connectivity index (χ1) is 39.9. The molecule has 0 amide bonds. The van der Waals surface area contributed by atoms with Gasteiger partial charge in [-0.1, -0.05) is 6.58 Å². The summed E-state index contributed by atoms with van der Waals surface area (Å²) in [5, 5.41) is 109. The number of esters is 2. The lowest BCUT2D eigenvalue weighted by molar-refractivity contribution is -0.294. The lowest BCUT2D eigenvalue weighted by atomic mass is 9.75. The van der Waals surface area contributed by atoms with E-state index >= 15 is 0 Å². The molecule has 27 nitrogen and oxygen atoms in total. The summed E-state index contributed by atoms with van der Waals surface area (Å²) in [7, 11) is 1.17. The lowest BCUT2D eigenvalue weighted by Crippen LogP contribution is -2.55. The van der Waals surface area contributed by atoms with Gasteiger partial charge in [0.25, 0.3) is 0 Å². The molecule has 2 saturated heterocycles. The van der Waals surface area contributed by atoms with Crippen LogP contribution in [0.3, 0.4) is 0 Å². The summed E-state index contributed by atoms with van der Waals surface area (Å²) in [6, 6.07) is 2.97. The highest BCUT2D eigenvalue weighted by Crippen LogP contribution is 2.47. The topological polar surface area (TPSA) is 391 Å². The van der Waals surface area contributed by atoms with Crippen LogP contribution < -0.4 is 4.74 Å². The van der Waals surface area contributed by atoms with Crippen LogP contribution >= 0.6 is 0 Å². The van der Waals surface area contributed by atoms with Crippen LogP contribution in [0.2, 0.25) is 0 Å².